The standard InChI is InChI=1S/C14H29NO3/c1-5-9-10-13(11-18-12-14(16)17)15(6-2,7-3)8-4/h13H,5-12H2,1-4H3. The second-order valence-electron chi connectivity index (χ2n) is 4.85. The Morgan fingerprint density at radius 3 is 2.11 bits per heavy atom. The molecule has 0 amide bonds. The largest absolute Gasteiger partial charge is 0.548 e. The van der Waals surface area contributed by atoms with Crippen LogP contribution in [0.25, 0.3) is 0 Å². The molecule has 0 aliphatic heterocycles. The van der Waals surface area contributed by atoms with Crippen LogP contribution < -0.4 is 5.11 Å². The van der Waals surface area contributed by atoms with E-state index in [1.54, 1.807) is 0 Å². The highest BCUT2D eigenvalue weighted by molar-refractivity contribution is 5.65. The van der Waals surface area contributed by atoms with Gasteiger partial charge in [-0.2, -0.15) is 0 Å². The molecule has 0 bridgehead atoms. The number of hydrogen-bond donors (Lipinski definition) is 0. The molecule has 0 heterocycles. The first-order chi connectivity index (χ1) is 8.56. The fourth-order valence-electron chi connectivity index (χ4n) is 2.68. The second kappa shape index (κ2) is 9.34. The fourth-order valence-corrected chi connectivity index (χ4v) is 2.68. The summed E-state index contributed by atoms with van der Waals surface area (Å²) in [7, 11) is 0. The smallest absolute Gasteiger partial charge is 0.113 e. The van der Waals surface area contributed by atoms with Gasteiger partial charge in [0, 0.05) is 6.42 Å². The highest BCUT2D eigenvalue weighted by Crippen LogP contribution is 2.19. The first-order valence-corrected chi connectivity index (χ1v) is 7.19. The number of hydrogen-bond acceptors (Lipinski definition) is 3. The first kappa shape index (κ1) is 17.4. The van der Waals surface area contributed by atoms with Gasteiger partial charge in [0.1, 0.15) is 6.04 Å². The van der Waals surface area contributed by atoms with E-state index >= 15 is 0 Å². The van der Waals surface area contributed by atoms with Crippen molar-refractivity contribution < 1.29 is 19.1 Å². The van der Waals surface area contributed by atoms with Crippen molar-refractivity contribution in [3.05, 3.63) is 0 Å². The van der Waals surface area contributed by atoms with Gasteiger partial charge in [-0.3, -0.25) is 0 Å². The van der Waals surface area contributed by atoms with Crippen LogP contribution in [0.3, 0.4) is 0 Å². The van der Waals surface area contributed by atoms with E-state index in [2.05, 4.69) is 27.7 Å². The zero-order valence-corrected chi connectivity index (χ0v) is 12.4. The number of quaternary nitrogens is 1. The molecule has 0 spiro atoms. The van der Waals surface area contributed by atoms with Gasteiger partial charge >= 0.3 is 0 Å². The SMILES string of the molecule is CCCCC(COCC(=O)[O-])[N+](CC)(CC)CC. The molecule has 0 aromatic heterocycles. The number of carboxylic acids is 1. The molecule has 0 aromatic carbocycles. The Morgan fingerprint density at radius 1 is 1.17 bits per heavy atom. The van der Waals surface area contributed by atoms with Gasteiger partial charge in [0.25, 0.3) is 0 Å². The number of rotatable bonds is 11. The lowest BCUT2D eigenvalue weighted by atomic mass is 10.1. The molecular weight excluding hydrogens is 230 g/mol. The van der Waals surface area contributed by atoms with Crippen LogP contribution in [-0.2, 0) is 9.53 Å². The van der Waals surface area contributed by atoms with Gasteiger partial charge in [-0.25, -0.2) is 0 Å². The zero-order chi connectivity index (χ0) is 14.0. The topological polar surface area (TPSA) is 49.4 Å². The number of carboxylic acid groups (broad SMARTS) is 1. The molecule has 0 fully saturated rings. The van der Waals surface area contributed by atoms with E-state index in [1.165, 1.54) is 6.42 Å². The van der Waals surface area contributed by atoms with Crippen LogP contribution >= 0.6 is 0 Å². The summed E-state index contributed by atoms with van der Waals surface area (Å²) >= 11 is 0. The van der Waals surface area contributed by atoms with Gasteiger partial charge < -0.3 is 19.1 Å². The maximum atomic E-state index is 10.4. The Hall–Kier alpha value is -0.610. The van der Waals surface area contributed by atoms with Crippen molar-refractivity contribution in [2.75, 3.05) is 32.8 Å². The van der Waals surface area contributed by atoms with Crippen LogP contribution in [0.5, 0.6) is 0 Å². The van der Waals surface area contributed by atoms with Crippen molar-refractivity contribution in [2.24, 2.45) is 0 Å². The molecule has 0 radical (unpaired) electrons. The second-order valence-corrected chi connectivity index (χ2v) is 4.85. The third kappa shape index (κ3) is 5.36. The summed E-state index contributed by atoms with van der Waals surface area (Å²) in [6.45, 7) is 12.2. The lowest BCUT2D eigenvalue weighted by Gasteiger charge is -2.43. The zero-order valence-electron chi connectivity index (χ0n) is 12.4. The van der Waals surface area contributed by atoms with Crippen molar-refractivity contribution in [3.63, 3.8) is 0 Å². The predicted molar refractivity (Wildman–Crippen MR) is 71.0 cm³/mol. The van der Waals surface area contributed by atoms with Gasteiger partial charge in [0.2, 0.25) is 0 Å². The average molecular weight is 259 g/mol. The minimum Gasteiger partial charge on any atom is -0.548 e. The molecule has 4 nitrogen and oxygen atoms in total. The molecule has 1 unspecified atom stereocenters. The van der Waals surface area contributed by atoms with E-state index < -0.39 is 5.97 Å². The van der Waals surface area contributed by atoms with Gasteiger partial charge in [-0.15, -0.1) is 0 Å². The maximum Gasteiger partial charge on any atom is 0.113 e. The Balaban J connectivity index is 4.56. The van der Waals surface area contributed by atoms with E-state index in [0.29, 0.717) is 12.6 Å². The number of carbonyl (C=O) groups is 1. The van der Waals surface area contributed by atoms with Crippen LogP contribution in [0.4, 0.5) is 0 Å². The molecule has 0 aliphatic rings. The molecule has 0 saturated heterocycles. The summed E-state index contributed by atoms with van der Waals surface area (Å²) in [5, 5.41) is 10.4. The highest BCUT2D eigenvalue weighted by Gasteiger charge is 2.31. The van der Waals surface area contributed by atoms with Crippen molar-refractivity contribution >= 4 is 5.97 Å². The number of aliphatic carboxylic acids is 1. The molecule has 0 N–H and O–H groups in total. The number of unbranched alkanes of at least 4 members (excludes halogenated alkanes) is 1. The molecule has 0 saturated carbocycles. The lowest BCUT2D eigenvalue weighted by molar-refractivity contribution is -0.947. The maximum absolute atomic E-state index is 10.4. The molecule has 18 heavy (non-hydrogen) atoms. The van der Waals surface area contributed by atoms with E-state index in [-0.39, 0.29) is 6.61 Å². The first-order valence-electron chi connectivity index (χ1n) is 7.19. The third-order valence-corrected chi connectivity index (χ3v) is 4.09. The lowest BCUT2D eigenvalue weighted by Crippen LogP contribution is -2.57. The van der Waals surface area contributed by atoms with Crippen LogP contribution in [-0.4, -0.2) is 49.3 Å². The van der Waals surface area contributed by atoms with Gasteiger partial charge in [-0.1, -0.05) is 13.3 Å². The van der Waals surface area contributed by atoms with Crippen molar-refractivity contribution in [1.29, 1.82) is 0 Å². The minimum atomic E-state index is -1.13. The Morgan fingerprint density at radius 2 is 1.72 bits per heavy atom. The van der Waals surface area contributed by atoms with Gasteiger partial charge in [-0.05, 0) is 27.2 Å². The molecule has 0 rings (SSSR count). The predicted octanol–water partition coefficient (Wildman–Crippen LogP) is 1.19. The molecule has 0 aromatic rings. The molecule has 0 aliphatic carbocycles. The van der Waals surface area contributed by atoms with Crippen LogP contribution in [0.2, 0.25) is 0 Å². The number of carbonyl (C=O) groups excluding carboxylic acids is 1. The van der Waals surface area contributed by atoms with Crippen LogP contribution in [0.1, 0.15) is 47.0 Å². The fraction of sp³-hybridized carbons (Fsp3) is 0.929. The normalized spacial score (nSPS) is 13.6. The number of ether oxygens (including phenoxy) is 1. The minimum absolute atomic E-state index is 0.292. The Kier molecular flexibility index (Phi) is 9.02. The summed E-state index contributed by atoms with van der Waals surface area (Å²) < 4.78 is 6.30. The summed E-state index contributed by atoms with van der Waals surface area (Å²) in [6.07, 6.45) is 3.42. The summed E-state index contributed by atoms with van der Waals surface area (Å²) in [5.41, 5.74) is 0. The number of likely N-dealkylation sites (N-methyl/N-ethyl adjacent to an activating group) is 1. The van der Waals surface area contributed by atoms with E-state index in [1.807, 2.05) is 0 Å². The average Bonchev–Trinajstić information content (AvgIpc) is 2.37. The Labute approximate surface area is 112 Å². The molecule has 108 valence electrons. The molecule has 1 atom stereocenters. The van der Waals surface area contributed by atoms with Crippen molar-refractivity contribution in [1.82, 2.24) is 0 Å². The quantitative estimate of drug-likeness (QED) is 0.524. The van der Waals surface area contributed by atoms with E-state index in [0.717, 1.165) is 37.0 Å². The van der Waals surface area contributed by atoms with E-state index in [9.17, 15) is 9.90 Å². The highest BCUT2D eigenvalue weighted by atomic mass is 16.5. The summed E-state index contributed by atoms with van der Waals surface area (Å²) in [5.74, 6) is -1.13. The van der Waals surface area contributed by atoms with E-state index in [4.69, 9.17) is 4.74 Å². The molecular formula is C14H29NO3. The van der Waals surface area contributed by atoms with Gasteiger partial charge in [0.15, 0.2) is 0 Å². The summed E-state index contributed by atoms with van der Waals surface area (Å²) in [4.78, 5) is 10.4. The van der Waals surface area contributed by atoms with Gasteiger partial charge in [0.05, 0.1) is 38.8 Å². The van der Waals surface area contributed by atoms with Crippen LogP contribution in [0, 0.1) is 0 Å². The van der Waals surface area contributed by atoms with Crippen molar-refractivity contribution in [2.45, 2.75) is 53.0 Å². The van der Waals surface area contributed by atoms with Crippen molar-refractivity contribution in [3.8, 4) is 0 Å². The summed E-state index contributed by atoms with van der Waals surface area (Å²) in [6, 6.07) is 0.393. The third-order valence-electron chi connectivity index (χ3n) is 4.09. The Bertz CT molecular complexity index is 219. The molecule has 4 heteroatoms. The van der Waals surface area contributed by atoms with Crippen LogP contribution in [0.15, 0.2) is 0 Å². The monoisotopic (exact) mass is 259 g/mol. The number of nitrogens with zero attached hydrogens (tertiary/aromatic N) is 1.